The topological polar surface area (TPSA) is 89.1 Å². The summed E-state index contributed by atoms with van der Waals surface area (Å²) in [7, 11) is 0. The monoisotopic (exact) mass is 414 g/mol. The molecule has 1 saturated heterocycles. The molecule has 0 saturated carbocycles. The Kier molecular flexibility index (Phi) is 5.94. The van der Waals surface area contributed by atoms with Crippen molar-refractivity contribution in [2.75, 3.05) is 24.7 Å². The number of aromatic nitrogens is 3. The molecule has 1 aliphatic heterocycles. The van der Waals surface area contributed by atoms with Gasteiger partial charge in [-0.1, -0.05) is 48.2 Å². The minimum atomic E-state index is -0.00256. The highest BCUT2D eigenvalue weighted by Gasteiger charge is 2.24. The van der Waals surface area contributed by atoms with Gasteiger partial charge in [0.2, 0.25) is 11.1 Å². The second kappa shape index (κ2) is 8.76. The molecule has 0 spiro atoms. The van der Waals surface area contributed by atoms with Crippen molar-refractivity contribution in [2.24, 2.45) is 0 Å². The number of benzene rings is 1. The highest BCUT2D eigenvalue weighted by Crippen LogP contribution is 2.25. The lowest BCUT2D eigenvalue weighted by molar-refractivity contribution is -0.119. The Morgan fingerprint density at radius 1 is 1.25 bits per heavy atom. The van der Waals surface area contributed by atoms with Crippen molar-refractivity contribution in [3.05, 3.63) is 53.4 Å². The Labute approximate surface area is 171 Å². The first-order valence-corrected chi connectivity index (χ1v) is 11.0. The quantitative estimate of drug-likeness (QED) is 0.455. The van der Waals surface area contributed by atoms with Gasteiger partial charge in [-0.05, 0) is 23.4 Å². The van der Waals surface area contributed by atoms with Crippen LogP contribution >= 0.6 is 23.1 Å². The highest BCUT2D eigenvalue weighted by molar-refractivity contribution is 7.99. The molecule has 3 aromatic rings. The van der Waals surface area contributed by atoms with Crippen molar-refractivity contribution >= 4 is 29.0 Å². The van der Waals surface area contributed by atoms with E-state index in [1.807, 2.05) is 23.6 Å². The number of thiophene rings is 1. The van der Waals surface area contributed by atoms with Gasteiger partial charge in [0, 0.05) is 25.7 Å². The minimum absolute atomic E-state index is 0.00256. The third-order valence-corrected chi connectivity index (χ3v) is 6.43. The lowest BCUT2D eigenvalue weighted by Crippen LogP contribution is -2.38. The number of carbonyl (C=O) groups is 1. The van der Waals surface area contributed by atoms with Gasteiger partial charge < -0.3 is 11.2 Å². The normalized spacial score (nSPS) is 17.1. The van der Waals surface area contributed by atoms with Gasteiger partial charge in [0.15, 0.2) is 5.82 Å². The van der Waals surface area contributed by atoms with Gasteiger partial charge in [0.1, 0.15) is 0 Å². The number of nitrogens with two attached hydrogens (primary N) is 1. The summed E-state index contributed by atoms with van der Waals surface area (Å²) >= 11 is 2.86. The van der Waals surface area contributed by atoms with E-state index in [-0.39, 0.29) is 17.7 Å². The van der Waals surface area contributed by atoms with Crippen LogP contribution in [0.5, 0.6) is 0 Å². The van der Waals surface area contributed by atoms with E-state index in [0.717, 1.165) is 30.9 Å². The molecule has 146 valence electrons. The molecule has 1 atom stereocenters. The Hall–Kier alpha value is -2.36. The molecule has 7 nitrogen and oxygen atoms in total. The number of nitrogens with zero attached hydrogens (tertiary/aromatic N) is 4. The predicted molar refractivity (Wildman–Crippen MR) is 112 cm³/mol. The zero-order valence-corrected chi connectivity index (χ0v) is 17.0. The fourth-order valence-corrected chi connectivity index (χ4v) is 4.66. The molecule has 28 heavy (non-hydrogen) atoms. The highest BCUT2D eigenvalue weighted by atomic mass is 32.2. The molecule has 0 bridgehead atoms. The molecule has 0 radical (unpaired) electrons. The van der Waals surface area contributed by atoms with Gasteiger partial charge in [0.05, 0.1) is 10.6 Å². The Balaban J connectivity index is 1.24. The van der Waals surface area contributed by atoms with Crippen molar-refractivity contribution in [3.63, 3.8) is 0 Å². The summed E-state index contributed by atoms with van der Waals surface area (Å²) in [5.41, 5.74) is 1.30. The van der Waals surface area contributed by atoms with Gasteiger partial charge in [-0.3, -0.25) is 9.69 Å². The van der Waals surface area contributed by atoms with E-state index in [4.69, 9.17) is 5.84 Å². The van der Waals surface area contributed by atoms with Crippen LogP contribution in [0, 0.1) is 0 Å². The fourth-order valence-electron chi connectivity index (χ4n) is 3.28. The number of carbonyl (C=O) groups excluding carboxylic acids is 1. The van der Waals surface area contributed by atoms with E-state index < -0.39 is 0 Å². The molecule has 4 rings (SSSR count). The van der Waals surface area contributed by atoms with Crippen molar-refractivity contribution in [2.45, 2.75) is 24.2 Å². The largest absolute Gasteiger partial charge is 0.351 e. The van der Waals surface area contributed by atoms with Crippen molar-refractivity contribution in [1.82, 2.24) is 25.1 Å². The molecule has 0 aliphatic carbocycles. The third-order valence-electron chi connectivity index (χ3n) is 4.62. The number of rotatable bonds is 7. The van der Waals surface area contributed by atoms with Crippen LogP contribution in [0.4, 0.5) is 0 Å². The van der Waals surface area contributed by atoms with Crippen LogP contribution in [0.3, 0.4) is 0 Å². The van der Waals surface area contributed by atoms with Crippen LogP contribution in [0.15, 0.2) is 53.0 Å². The number of hydrogen-bond donors (Lipinski definition) is 2. The van der Waals surface area contributed by atoms with Gasteiger partial charge in [0.25, 0.3) is 0 Å². The predicted octanol–water partition coefficient (Wildman–Crippen LogP) is 2.20. The Morgan fingerprint density at radius 2 is 2.11 bits per heavy atom. The standard InChI is InChI=1S/C19H22N6OS2/c20-25-18(16-7-4-10-27-16)22-23-19(25)28-13-17(26)21-15-8-9-24(12-15)11-14-5-2-1-3-6-14/h1-7,10,15H,8-9,11-13,20H2,(H,21,26). The van der Waals surface area contributed by atoms with Crippen molar-refractivity contribution in [1.29, 1.82) is 0 Å². The zero-order chi connectivity index (χ0) is 19.3. The first-order chi connectivity index (χ1) is 13.7. The maximum Gasteiger partial charge on any atom is 0.230 e. The number of thioether (sulfide) groups is 1. The number of likely N-dealkylation sites (tertiary alicyclic amines) is 1. The lowest BCUT2D eigenvalue weighted by atomic mass is 10.2. The fraction of sp³-hybridized carbons (Fsp3) is 0.316. The summed E-state index contributed by atoms with van der Waals surface area (Å²) in [6.45, 7) is 2.79. The van der Waals surface area contributed by atoms with Crippen LogP contribution in [0.1, 0.15) is 12.0 Å². The molecule has 1 aliphatic rings. The average molecular weight is 415 g/mol. The molecule has 2 aromatic heterocycles. The van der Waals surface area contributed by atoms with Gasteiger partial charge in [-0.2, -0.15) is 0 Å². The van der Waals surface area contributed by atoms with Crippen LogP contribution in [0.2, 0.25) is 0 Å². The Bertz CT molecular complexity index is 912. The van der Waals surface area contributed by atoms with E-state index in [1.165, 1.54) is 22.0 Å². The number of amides is 1. The molecule has 3 N–H and O–H groups in total. The van der Waals surface area contributed by atoms with Gasteiger partial charge in [-0.15, -0.1) is 21.5 Å². The van der Waals surface area contributed by atoms with E-state index in [2.05, 4.69) is 44.7 Å². The molecule has 9 heteroatoms. The second-order valence-electron chi connectivity index (χ2n) is 6.72. The first kappa shape index (κ1) is 19.0. The summed E-state index contributed by atoms with van der Waals surface area (Å²) in [6, 6.07) is 14.5. The first-order valence-electron chi connectivity index (χ1n) is 9.12. The molecule has 1 aromatic carbocycles. The summed E-state index contributed by atoms with van der Waals surface area (Å²) in [4.78, 5) is 15.7. The summed E-state index contributed by atoms with van der Waals surface area (Å²) in [5.74, 6) is 6.96. The number of nitrogens with one attached hydrogen (secondary N) is 1. The molecular formula is C19H22N6OS2. The van der Waals surface area contributed by atoms with Crippen LogP contribution < -0.4 is 11.2 Å². The number of nitrogen functional groups attached to an aromatic ring is 1. The van der Waals surface area contributed by atoms with Gasteiger partial charge >= 0.3 is 0 Å². The molecule has 1 amide bonds. The molecular weight excluding hydrogens is 392 g/mol. The van der Waals surface area contributed by atoms with Crippen molar-refractivity contribution in [3.8, 4) is 10.7 Å². The SMILES string of the molecule is Nn1c(SCC(=O)NC2CCN(Cc3ccccc3)C2)nnc1-c1cccs1. The maximum absolute atomic E-state index is 12.3. The molecule has 1 unspecified atom stereocenters. The van der Waals surface area contributed by atoms with E-state index in [1.54, 1.807) is 11.3 Å². The minimum Gasteiger partial charge on any atom is -0.351 e. The molecule has 1 fully saturated rings. The van der Waals surface area contributed by atoms with Crippen molar-refractivity contribution < 1.29 is 4.79 Å². The Morgan fingerprint density at radius 3 is 2.89 bits per heavy atom. The third kappa shape index (κ3) is 4.54. The average Bonchev–Trinajstić information content (AvgIpc) is 3.43. The maximum atomic E-state index is 12.3. The van der Waals surface area contributed by atoms with Crippen LogP contribution in [-0.2, 0) is 11.3 Å². The zero-order valence-electron chi connectivity index (χ0n) is 15.3. The van der Waals surface area contributed by atoms with E-state index in [9.17, 15) is 4.79 Å². The summed E-state index contributed by atoms with van der Waals surface area (Å²) in [5, 5.41) is 13.9. The van der Waals surface area contributed by atoms with Gasteiger partial charge in [-0.25, -0.2) is 4.68 Å². The van der Waals surface area contributed by atoms with Crippen LogP contribution in [0.25, 0.3) is 10.7 Å². The van der Waals surface area contributed by atoms with E-state index in [0.29, 0.717) is 11.0 Å². The van der Waals surface area contributed by atoms with Crippen LogP contribution in [-0.4, -0.2) is 50.6 Å². The molecule has 3 heterocycles. The smallest absolute Gasteiger partial charge is 0.230 e. The second-order valence-corrected chi connectivity index (χ2v) is 8.61. The van der Waals surface area contributed by atoms with E-state index >= 15 is 0 Å². The lowest BCUT2D eigenvalue weighted by Gasteiger charge is -2.16. The number of hydrogen-bond acceptors (Lipinski definition) is 7. The summed E-state index contributed by atoms with van der Waals surface area (Å²) < 4.78 is 1.45. The summed E-state index contributed by atoms with van der Waals surface area (Å²) in [6.07, 6.45) is 0.971.